The second-order valence-corrected chi connectivity index (χ2v) is 14.5. The molecule has 10 rings (SSSR count). The van der Waals surface area contributed by atoms with Gasteiger partial charge in [-0.1, -0.05) is 72.8 Å². The third kappa shape index (κ3) is 4.97. The van der Waals surface area contributed by atoms with Crippen LogP contribution in [0.4, 0.5) is 0 Å². The highest BCUT2D eigenvalue weighted by Crippen LogP contribution is 2.58. The van der Waals surface area contributed by atoms with Crippen LogP contribution in [-0.4, -0.2) is 60.2 Å². The van der Waals surface area contributed by atoms with Crippen molar-refractivity contribution in [2.75, 3.05) is 0 Å². The van der Waals surface area contributed by atoms with Crippen LogP contribution >= 0.6 is 0 Å². The minimum Gasteiger partial charge on any atom is -0.504 e. The van der Waals surface area contributed by atoms with Crippen LogP contribution in [0, 0.1) is 0 Å². The van der Waals surface area contributed by atoms with Crippen LogP contribution in [0.25, 0.3) is 88.4 Å². The molecule has 0 bridgehead atoms. The van der Waals surface area contributed by atoms with Crippen LogP contribution in [0.5, 0.6) is 57.5 Å². The number of hydrogen-bond acceptors (Lipinski definition) is 10. The molecule has 0 spiro atoms. The molecule has 294 valence electrons. The number of nitrogens with zero attached hydrogens (tertiary/aromatic N) is 2. The number of hydrogen-bond donors (Lipinski definition) is 10. The fraction of sp³-hybridized carbons (Fsp3) is 0. The van der Waals surface area contributed by atoms with E-state index in [0.29, 0.717) is 11.0 Å². The van der Waals surface area contributed by atoms with Gasteiger partial charge in [-0.2, -0.15) is 0 Å². The number of benzene rings is 8. The van der Waals surface area contributed by atoms with E-state index in [1.807, 2.05) is 71.3 Å². The molecule has 10 N–H and O–H groups in total. The lowest BCUT2D eigenvalue weighted by atomic mass is 9.93. The van der Waals surface area contributed by atoms with Crippen molar-refractivity contribution < 1.29 is 51.1 Å². The molecule has 0 aliphatic heterocycles. The minimum absolute atomic E-state index is 0.104. The summed E-state index contributed by atoms with van der Waals surface area (Å²) in [6, 6.07) is 42.4. The van der Waals surface area contributed by atoms with Crippen molar-refractivity contribution in [3.05, 3.63) is 133 Å². The van der Waals surface area contributed by atoms with Gasteiger partial charge in [0.15, 0.2) is 23.0 Å². The van der Waals surface area contributed by atoms with Crippen LogP contribution in [0.15, 0.2) is 133 Å². The van der Waals surface area contributed by atoms with Crippen LogP contribution in [-0.2, 0) is 0 Å². The summed E-state index contributed by atoms with van der Waals surface area (Å²) in [4.78, 5) is 0. The van der Waals surface area contributed by atoms with E-state index in [9.17, 15) is 51.1 Å². The number of phenols is 10. The van der Waals surface area contributed by atoms with Gasteiger partial charge in [0, 0.05) is 32.8 Å². The van der Waals surface area contributed by atoms with Gasteiger partial charge in [0.1, 0.15) is 0 Å². The van der Waals surface area contributed by atoms with E-state index in [1.165, 1.54) is 18.2 Å². The van der Waals surface area contributed by atoms with E-state index in [-0.39, 0.29) is 16.8 Å². The van der Waals surface area contributed by atoms with Gasteiger partial charge in [-0.25, -0.2) is 0 Å². The Balaban J connectivity index is 1.22. The molecule has 0 atom stereocenters. The topological polar surface area (TPSA) is 212 Å². The van der Waals surface area contributed by atoms with E-state index in [4.69, 9.17) is 0 Å². The van der Waals surface area contributed by atoms with Crippen molar-refractivity contribution in [3.8, 4) is 102 Å². The predicted molar refractivity (Wildman–Crippen MR) is 228 cm³/mol. The number of phenolic OH excluding ortho intramolecular Hbond substituents is 10. The third-order valence-corrected chi connectivity index (χ3v) is 11.2. The fourth-order valence-corrected chi connectivity index (χ4v) is 8.41. The number of rotatable bonds is 5. The first-order chi connectivity index (χ1) is 29.0. The van der Waals surface area contributed by atoms with Gasteiger partial charge in [0.2, 0.25) is 34.5 Å². The summed E-state index contributed by atoms with van der Waals surface area (Å²) in [6.45, 7) is 0. The highest BCUT2D eigenvalue weighted by Gasteiger charge is 2.30. The van der Waals surface area contributed by atoms with Crippen molar-refractivity contribution in [1.82, 2.24) is 9.13 Å². The molecule has 0 aliphatic carbocycles. The Hall–Kier alpha value is -8.64. The molecule has 10 aromatic rings. The Morgan fingerprint density at radius 1 is 0.283 bits per heavy atom. The molecular weight excluding hydrogens is 765 g/mol. The molecule has 0 amide bonds. The van der Waals surface area contributed by atoms with E-state index < -0.39 is 68.6 Å². The van der Waals surface area contributed by atoms with Crippen molar-refractivity contribution >= 4 is 43.6 Å². The van der Waals surface area contributed by atoms with E-state index in [1.54, 1.807) is 0 Å². The Morgan fingerprint density at radius 3 is 1.22 bits per heavy atom. The molecule has 12 heteroatoms. The molecular formula is C48H32N2O10. The Morgan fingerprint density at radius 2 is 0.683 bits per heavy atom. The Bertz CT molecular complexity index is 3380. The van der Waals surface area contributed by atoms with Gasteiger partial charge >= 0.3 is 0 Å². The average Bonchev–Trinajstić information content (AvgIpc) is 3.79. The average molecular weight is 797 g/mol. The van der Waals surface area contributed by atoms with Crippen LogP contribution in [0.2, 0.25) is 0 Å². The van der Waals surface area contributed by atoms with Crippen LogP contribution < -0.4 is 0 Å². The molecule has 60 heavy (non-hydrogen) atoms. The van der Waals surface area contributed by atoms with Crippen LogP contribution in [0.3, 0.4) is 0 Å². The van der Waals surface area contributed by atoms with Gasteiger partial charge in [0.05, 0.1) is 38.9 Å². The SMILES string of the molecule is Oc1c(O)c(O)c(-c2ccc(-n3c4ccccc4c4cc(-c5ccc6c(c5)c5ccccc5n6-c5ccccc5)ccc43)c(-c3c(O)c(O)c(O)c(O)c3O)c2)c(O)c1O. The maximum Gasteiger partial charge on any atom is 0.208 e. The summed E-state index contributed by atoms with van der Waals surface area (Å²) in [6.07, 6.45) is 0. The van der Waals surface area contributed by atoms with Gasteiger partial charge in [0.25, 0.3) is 0 Å². The molecule has 0 fully saturated rings. The summed E-state index contributed by atoms with van der Waals surface area (Å²) in [5.74, 6) is -10.9. The zero-order chi connectivity index (χ0) is 41.7. The second-order valence-electron chi connectivity index (χ2n) is 14.5. The quantitative estimate of drug-likeness (QED) is 0.0588. The summed E-state index contributed by atoms with van der Waals surface area (Å²) in [5.41, 5.74) is 5.34. The third-order valence-electron chi connectivity index (χ3n) is 11.2. The van der Waals surface area contributed by atoms with Crippen LogP contribution in [0.1, 0.15) is 0 Å². The maximum atomic E-state index is 11.2. The van der Waals surface area contributed by atoms with E-state index in [0.717, 1.165) is 49.4 Å². The minimum atomic E-state index is -1.18. The summed E-state index contributed by atoms with van der Waals surface area (Å²) < 4.78 is 4.06. The highest BCUT2D eigenvalue weighted by atomic mass is 16.4. The number of fused-ring (bicyclic) bond motifs is 6. The van der Waals surface area contributed by atoms with Gasteiger partial charge in [-0.3, -0.25) is 0 Å². The largest absolute Gasteiger partial charge is 0.504 e. The maximum absolute atomic E-state index is 11.2. The molecule has 0 saturated carbocycles. The molecule has 0 saturated heterocycles. The summed E-state index contributed by atoms with van der Waals surface area (Å²) in [7, 11) is 0. The molecule has 2 aromatic heterocycles. The van der Waals surface area contributed by atoms with Crippen molar-refractivity contribution in [2.24, 2.45) is 0 Å². The molecule has 2 heterocycles. The standard InChI is InChI=1S/C48H32N2O10/c51-39-37(40(52)44(56)47(59)43(39)55)25-16-19-36(31(22-25)38-41(53)45(57)48(60)46(58)42(38)54)50-33-13-7-5-11-28(33)30-21-24(15-18-35(30)50)23-14-17-34-29(20-23)27-10-4-6-12-32(27)49(34)26-8-2-1-3-9-26/h1-22,51-60H. The zero-order valence-corrected chi connectivity index (χ0v) is 31.1. The van der Waals surface area contributed by atoms with Crippen molar-refractivity contribution in [3.63, 3.8) is 0 Å². The lowest BCUT2D eigenvalue weighted by Gasteiger charge is -2.20. The lowest BCUT2D eigenvalue weighted by molar-refractivity contribution is 0.330. The first-order valence-corrected chi connectivity index (χ1v) is 18.6. The van der Waals surface area contributed by atoms with E-state index >= 15 is 0 Å². The molecule has 8 aromatic carbocycles. The fourth-order valence-electron chi connectivity index (χ4n) is 8.41. The monoisotopic (exact) mass is 796 g/mol. The predicted octanol–water partition coefficient (Wildman–Crippen LogP) is 9.94. The second kappa shape index (κ2) is 12.9. The molecule has 12 nitrogen and oxygen atoms in total. The number of para-hydroxylation sites is 3. The summed E-state index contributed by atoms with van der Waals surface area (Å²) in [5, 5.41) is 110. The normalized spacial score (nSPS) is 11.7. The first kappa shape index (κ1) is 35.8. The molecule has 0 unspecified atom stereocenters. The van der Waals surface area contributed by atoms with Gasteiger partial charge in [-0.05, 0) is 77.4 Å². The Kier molecular flexibility index (Phi) is 7.71. The summed E-state index contributed by atoms with van der Waals surface area (Å²) >= 11 is 0. The lowest BCUT2D eigenvalue weighted by Crippen LogP contribution is -1.99. The highest BCUT2D eigenvalue weighted by molar-refractivity contribution is 6.13. The van der Waals surface area contributed by atoms with Crippen molar-refractivity contribution in [2.45, 2.75) is 0 Å². The number of aromatic hydroxyl groups is 10. The van der Waals surface area contributed by atoms with E-state index in [2.05, 4.69) is 53.1 Å². The zero-order valence-electron chi connectivity index (χ0n) is 31.1. The molecule has 0 aliphatic rings. The Labute approximate surface area is 338 Å². The first-order valence-electron chi connectivity index (χ1n) is 18.6. The van der Waals surface area contributed by atoms with Gasteiger partial charge in [-0.15, -0.1) is 0 Å². The smallest absolute Gasteiger partial charge is 0.208 e. The molecule has 0 radical (unpaired) electrons. The van der Waals surface area contributed by atoms with Crippen molar-refractivity contribution in [1.29, 1.82) is 0 Å². The van der Waals surface area contributed by atoms with Gasteiger partial charge < -0.3 is 60.2 Å². The number of aromatic nitrogens is 2.